The van der Waals surface area contributed by atoms with Crippen molar-refractivity contribution in [3.63, 3.8) is 0 Å². The highest BCUT2D eigenvalue weighted by Crippen LogP contribution is 2.48. The number of carbonyl (C=O) groups is 1. The summed E-state index contributed by atoms with van der Waals surface area (Å²) in [7, 11) is 0. The first kappa shape index (κ1) is 12.2. The minimum absolute atomic E-state index is 0.118. The molecule has 0 bridgehead atoms. The van der Waals surface area contributed by atoms with Gasteiger partial charge in [0.25, 0.3) is 0 Å². The van der Waals surface area contributed by atoms with E-state index in [-0.39, 0.29) is 12.0 Å². The van der Waals surface area contributed by atoms with Crippen LogP contribution in [-0.2, 0) is 4.74 Å². The molecule has 0 aromatic heterocycles. The van der Waals surface area contributed by atoms with Gasteiger partial charge in [-0.1, -0.05) is 0 Å². The van der Waals surface area contributed by atoms with Crippen molar-refractivity contribution in [2.45, 2.75) is 19.3 Å². The van der Waals surface area contributed by atoms with E-state index in [2.05, 4.69) is 6.07 Å². The van der Waals surface area contributed by atoms with Crippen molar-refractivity contribution in [1.82, 2.24) is 0 Å². The van der Waals surface area contributed by atoms with Crippen LogP contribution in [0.5, 0.6) is 0 Å². The molecule has 1 aliphatic rings. The van der Waals surface area contributed by atoms with E-state index in [4.69, 9.17) is 21.5 Å². The van der Waals surface area contributed by atoms with Crippen molar-refractivity contribution in [1.29, 1.82) is 5.26 Å². The monoisotopic (exact) mass is 245 g/mol. The molecule has 4 N–H and O–H groups in total. The van der Waals surface area contributed by atoms with Gasteiger partial charge < -0.3 is 16.2 Å². The maximum Gasteiger partial charge on any atom is 0.340 e. The van der Waals surface area contributed by atoms with Crippen LogP contribution in [0.1, 0.15) is 29.6 Å². The number of rotatable bonds is 4. The molecule has 18 heavy (non-hydrogen) atoms. The lowest BCUT2D eigenvalue weighted by atomic mass is 10.1. The van der Waals surface area contributed by atoms with Gasteiger partial charge in [0.15, 0.2) is 0 Å². The zero-order valence-electron chi connectivity index (χ0n) is 9.98. The number of nitrogen functional groups attached to an aromatic ring is 2. The number of nitrogens with zero attached hydrogens (tertiary/aromatic N) is 1. The van der Waals surface area contributed by atoms with Crippen molar-refractivity contribution in [2.24, 2.45) is 5.41 Å². The van der Waals surface area contributed by atoms with Crippen LogP contribution in [0.3, 0.4) is 0 Å². The van der Waals surface area contributed by atoms with Gasteiger partial charge in [0.05, 0.1) is 18.2 Å². The smallest absolute Gasteiger partial charge is 0.340 e. The third-order valence-corrected chi connectivity index (χ3v) is 3.22. The predicted molar refractivity (Wildman–Crippen MR) is 67.4 cm³/mol. The van der Waals surface area contributed by atoms with Gasteiger partial charge in [0.2, 0.25) is 0 Å². The third-order valence-electron chi connectivity index (χ3n) is 3.22. The quantitative estimate of drug-likeness (QED) is 0.621. The van der Waals surface area contributed by atoms with E-state index in [1.165, 1.54) is 6.07 Å². The van der Waals surface area contributed by atoms with Crippen LogP contribution in [0, 0.1) is 16.7 Å². The summed E-state index contributed by atoms with van der Waals surface area (Å²) in [5.74, 6) is -0.461. The van der Waals surface area contributed by atoms with Crippen molar-refractivity contribution >= 4 is 17.3 Å². The highest BCUT2D eigenvalue weighted by molar-refractivity contribution is 5.95. The highest BCUT2D eigenvalue weighted by Gasteiger charge is 2.43. The first-order valence-corrected chi connectivity index (χ1v) is 5.75. The van der Waals surface area contributed by atoms with E-state index in [1.54, 1.807) is 12.1 Å². The molecule has 0 heterocycles. The predicted octanol–water partition coefficient (Wildman–Crippen LogP) is 1.70. The first-order chi connectivity index (χ1) is 8.56. The second-order valence-electron chi connectivity index (χ2n) is 4.76. The Bertz CT molecular complexity index is 515. The molecule has 5 heteroatoms. The Morgan fingerprint density at radius 3 is 2.72 bits per heavy atom. The van der Waals surface area contributed by atoms with E-state index in [0.717, 1.165) is 12.8 Å². The molecular formula is C13H15N3O2. The number of carbonyl (C=O) groups excluding carboxylic acids is 1. The zero-order chi connectivity index (χ0) is 13.2. The molecule has 1 aromatic carbocycles. The number of hydrogen-bond acceptors (Lipinski definition) is 5. The van der Waals surface area contributed by atoms with Gasteiger partial charge in [-0.15, -0.1) is 0 Å². The van der Waals surface area contributed by atoms with Crippen LogP contribution in [-0.4, -0.2) is 12.6 Å². The summed E-state index contributed by atoms with van der Waals surface area (Å²) in [6.45, 7) is 0.281. The lowest BCUT2D eigenvalue weighted by Crippen LogP contribution is -2.16. The summed E-state index contributed by atoms with van der Waals surface area (Å²) in [5, 5.41) is 8.67. The van der Waals surface area contributed by atoms with Gasteiger partial charge >= 0.3 is 5.97 Å². The number of nitriles is 1. The Morgan fingerprint density at radius 1 is 1.44 bits per heavy atom. The van der Waals surface area contributed by atoms with Crippen LogP contribution in [0.2, 0.25) is 0 Å². The largest absolute Gasteiger partial charge is 0.461 e. The summed E-state index contributed by atoms with van der Waals surface area (Å²) in [6, 6.07) is 6.81. The minimum Gasteiger partial charge on any atom is -0.461 e. The molecule has 2 rings (SSSR count). The molecule has 1 aromatic rings. The fourth-order valence-electron chi connectivity index (χ4n) is 1.78. The summed E-state index contributed by atoms with van der Waals surface area (Å²) in [6.07, 6.45) is 2.30. The number of ether oxygens (including phenoxy) is 1. The molecule has 0 amide bonds. The summed E-state index contributed by atoms with van der Waals surface area (Å²) in [4.78, 5) is 11.8. The summed E-state index contributed by atoms with van der Waals surface area (Å²) in [5.41, 5.74) is 12.3. The molecular weight excluding hydrogens is 230 g/mol. The number of nitrogens with two attached hydrogens (primary N) is 2. The van der Waals surface area contributed by atoms with Gasteiger partial charge in [0, 0.05) is 23.2 Å². The molecule has 1 fully saturated rings. The molecule has 0 atom stereocenters. The molecule has 0 unspecified atom stereocenters. The molecule has 0 radical (unpaired) electrons. The molecule has 0 spiro atoms. The van der Waals surface area contributed by atoms with Crippen LogP contribution >= 0.6 is 0 Å². The summed E-state index contributed by atoms with van der Waals surface area (Å²) < 4.78 is 5.22. The third kappa shape index (κ3) is 2.54. The average Bonchev–Trinajstić information content (AvgIpc) is 3.07. The van der Waals surface area contributed by atoms with Gasteiger partial charge in [-0.05, 0) is 31.0 Å². The molecule has 94 valence electrons. The lowest BCUT2D eigenvalue weighted by Gasteiger charge is -2.12. The number of anilines is 2. The van der Waals surface area contributed by atoms with Crippen molar-refractivity contribution in [3.05, 3.63) is 23.8 Å². The fraction of sp³-hybridized carbons (Fsp3) is 0.385. The van der Waals surface area contributed by atoms with Crippen molar-refractivity contribution < 1.29 is 9.53 Å². The second-order valence-corrected chi connectivity index (χ2v) is 4.76. The Balaban J connectivity index is 1.98. The van der Waals surface area contributed by atoms with Crippen LogP contribution < -0.4 is 11.5 Å². The lowest BCUT2D eigenvalue weighted by molar-refractivity contribution is 0.0420. The van der Waals surface area contributed by atoms with Crippen LogP contribution in [0.25, 0.3) is 0 Å². The maximum absolute atomic E-state index is 11.8. The number of benzene rings is 1. The average molecular weight is 245 g/mol. The van der Waals surface area contributed by atoms with Crippen LogP contribution in [0.4, 0.5) is 11.4 Å². The van der Waals surface area contributed by atoms with Gasteiger partial charge in [-0.25, -0.2) is 4.79 Å². The van der Waals surface area contributed by atoms with Crippen LogP contribution in [0.15, 0.2) is 18.2 Å². The second kappa shape index (κ2) is 4.57. The SMILES string of the molecule is N#CCC1(COC(=O)c2ccc(N)cc2N)CC1. The van der Waals surface area contributed by atoms with Gasteiger partial charge in [0.1, 0.15) is 0 Å². The molecule has 1 aliphatic carbocycles. The maximum atomic E-state index is 11.8. The standard InChI is InChI=1S/C13H15N3O2/c14-6-5-13(3-4-13)8-18-12(17)10-2-1-9(15)7-11(10)16/h1-2,7H,3-5,8,15-16H2. The highest BCUT2D eigenvalue weighted by atomic mass is 16.5. The van der Waals surface area contributed by atoms with E-state index < -0.39 is 5.97 Å². The Kier molecular flexibility index (Phi) is 3.11. The Labute approximate surface area is 105 Å². The first-order valence-electron chi connectivity index (χ1n) is 5.75. The summed E-state index contributed by atoms with van der Waals surface area (Å²) >= 11 is 0. The van der Waals surface area contributed by atoms with E-state index in [1.807, 2.05) is 0 Å². The fourth-order valence-corrected chi connectivity index (χ4v) is 1.78. The number of esters is 1. The Hall–Kier alpha value is -2.22. The van der Waals surface area contributed by atoms with E-state index in [0.29, 0.717) is 23.4 Å². The normalized spacial score (nSPS) is 15.7. The topological polar surface area (TPSA) is 102 Å². The minimum atomic E-state index is -0.461. The molecule has 5 nitrogen and oxygen atoms in total. The Morgan fingerprint density at radius 2 is 2.17 bits per heavy atom. The van der Waals surface area contributed by atoms with Gasteiger partial charge in [-0.2, -0.15) is 5.26 Å². The number of hydrogen-bond donors (Lipinski definition) is 2. The van der Waals surface area contributed by atoms with Crippen molar-refractivity contribution in [2.75, 3.05) is 18.1 Å². The van der Waals surface area contributed by atoms with Crippen molar-refractivity contribution in [3.8, 4) is 6.07 Å². The molecule has 0 saturated heterocycles. The zero-order valence-corrected chi connectivity index (χ0v) is 9.98. The molecule has 0 aliphatic heterocycles. The van der Waals surface area contributed by atoms with E-state index in [9.17, 15) is 4.79 Å². The molecule has 1 saturated carbocycles. The van der Waals surface area contributed by atoms with E-state index >= 15 is 0 Å². The van der Waals surface area contributed by atoms with Gasteiger partial charge in [-0.3, -0.25) is 0 Å².